The largest absolute Gasteiger partial charge is 0.484 e. The highest BCUT2D eigenvalue weighted by atomic mass is 16.5. The normalized spacial score (nSPS) is 20.7. The second kappa shape index (κ2) is 4.31. The molecule has 0 amide bonds. The Bertz CT molecular complexity index is 120. The van der Waals surface area contributed by atoms with Crippen molar-refractivity contribution in [3.05, 3.63) is 0 Å². The van der Waals surface area contributed by atoms with Crippen molar-refractivity contribution in [3.8, 4) is 0 Å². The van der Waals surface area contributed by atoms with Crippen LogP contribution in [0, 0.1) is 0 Å². The van der Waals surface area contributed by atoms with Crippen LogP contribution < -0.4 is 0 Å². The van der Waals surface area contributed by atoms with Crippen molar-refractivity contribution in [3.63, 3.8) is 0 Å². The molecule has 2 nitrogen and oxygen atoms in total. The minimum absolute atomic E-state index is 0.944. The number of methoxy groups -OCH3 is 1. The first kappa shape index (κ1) is 7.58. The summed E-state index contributed by atoms with van der Waals surface area (Å²) >= 11 is 0. The minimum atomic E-state index is 0.944. The third-order valence-electron chi connectivity index (χ3n) is 1.82. The smallest absolute Gasteiger partial charge is 0.182 e. The second-order valence-corrected chi connectivity index (χ2v) is 2.64. The monoisotopic (exact) mass is 141 g/mol. The lowest BCUT2D eigenvalue weighted by Crippen LogP contribution is -2.04. The van der Waals surface area contributed by atoms with E-state index in [2.05, 4.69) is 4.99 Å². The zero-order chi connectivity index (χ0) is 7.23. The maximum atomic E-state index is 5.08. The van der Waals surface area contributed by atoms with Gasteiger partial charge in [-0.05, 0) is 12.8 Å². The molecule has 0 fully saturated rings. The third-order valence-corrected chi connectivity index (χ3v) is 1.82. The Morgan fingerprint density at radius 2 is 2.00 bits per heavy atom. The molecule has 1 rings (SSSR count). The Morgan fingerprint density at radius 3 is 2.80 bits per heavy atom. The van der Waals surface area contributed by atoms with Crippen LogP contribution in [0.25, 0.3) is 0 Å². The van der Waals surface area contributed by atoms with Crippen molar-refractivity contribution in [1.82, 2.24) is 0 Å². The molecular formula is C8H15NO. The highest BCUT2D eigenvalue weighted by molar-refractivity contribution is 5.75. The summed E-state index contributed by atoms with van der Waals surface area (Å²) in [7, 11) is 1.71. The van der Waals surface area contributed by atoms with Crippen molar-refractivity contribution in [1.29, 1.82) is 0 Å². The number of hydrogen-bond acceptors (Lipinski definition) is 2. The van der Waals surface area contributed by atoms with E-state index < -0.39 is 0 Å². The second-order valence-electron chi connectivity index (χ2n) is 2.64. The summed E-state index contributed by atoms with van der Waals surface area (Å²) in [5.74, 6) is 0.944. The van der Waals surface area contributed by atoms with Crippen LogP contribution >= 0.6 is 0 Å². The zero-order valence-corrected chi connectivity index (χ0v) is 6.60. The fourth-order valence-corrected chi connectivity index (χ4v) is 1.19. The van der Waals surface area contributed by atoms with Crippen LogP contribution in [0.3, 0.4) is 0 Å². The molecule has 0 radical (unpaired) electrons. The lowest BCUT2D eigenvalue weighted by molar-refractivity contribution is 0.381. The molecule has 0 aromatic heterocycles. The molecule has 0 atom stereocenters. The highest BCUT2D eigenvalue weighted by Gasteiger charge is 2.01. The van der Waals surface area contributed by atoms with Gasteiger partial charge < -0.3 is 4.74 Å². The quantitative estimate of drug-likeness (QED) is 0.505. The van der Waals surface area contributed by atoms with Gasteiger partial charge in [-0.15, -0.1) is 0 Å². The van der Waals surface area contributed by atoms with E-state index in [9.17, 15) is 0 Å². The highest BCUT2D eigenvalue weighted by Crippen LogP contribution is 2.08. The van der Waals surface area contributed by atoms with Crippen LogP contribution in [0.2, 0.25) is 0 Å². The lowest BCUT2D eigenvalue weighted by atomic mass is 10.1. The molecule has 0 N–H and O–H groups in total. The van der Waals surface area contributed by atoms with Gasteiger partial charge in [-0.25, -0.2) is 0 Å². The lowest BCUT2D eigenvalue weighted by Gasteiger charge is -2.08. The first-order chi connectivity index (χ1) is 4.93. The Morgan fingerprint density at radius 1 is 1.20 bits per heavy atom. The molecule has 0 spiro atoms. The molecule has 58 valence electrons. The molecule has 0 aromatic rings. The average molecular weight is 141 g/mol. The fourth-order valence-electron chi connectivity index (χ4n) is 1.19. The molecule has 0 unspecified atom stereocenters. The molecule has 0 saturated heterocycles. The van der Waals surface area contributed by atoms with Crippen molar-refractivity contribution < 1.29 is 4.74 Å². The van der Waals surface area contributed by atoms with Crippen molar-refractivity contribution in [2.45, 2.75) is 32.1 Å². The number of rotatable bonds is 0. The summed E-state index contributed by atoms with van der Waals surface area (Å²) < 4.78 is 5.08. The van der Waals surface area contributed by atoms with Gasteiger partial charge in [-0.2, -0.15) is 0 Å². The summed E-state index contributed by atoms with van der Waals surface area (Å²) in [4.78, 5) is 4.30. The SMILES string of the molecule is COC1=NCCCCCC1. The third kappa shape index (κ3) is 2.38. The van der Waals surface area contributed by atoms with E-state index in [1.807, 2.05) is 0 Å². The van der Waals surface area contributed by atoms with Gasteiger partial charge in [0, 0.05) is 13.0 Å². The van der Waals surface area contributed by atoms with Gasteiger partial charge in [0.15, 0.2) is 5.90 Å². The van der Waals surface area contributed by atoms with E-state index >= 15 is 0 Å². The number of hydrogen-bond donors (Lipinski definition) is 0. The Labute approximate surface area is 62.3 Å². The average Bonchev–Trinajstić information content (AvgIpc) is 1.87. The molecule has 10 heavy (non-hydrogen) atoms. The predicted molar refractivity (Wildman–Crippen MR) is 42.4 cm³/mol. The first-order valence-electron chi connectivity index (χ1n) is 4.01. The van der Waals surface area contributed by atoms with Crippen molar-refractivity contribution in [2.24, 2.45) is 4.99 Å². The molecule has 2 heteroatoms. The molecule has 0 aliphatic carbocycles. The van der Waals surface area contributed by atoms with Crippen LogP contribution in [0.1, 0.15) is 32.1 Å². The van der Waals surface area contributed by atoms with Gasteiger partial charge in [0.25, 0.3) is 0 Å². The summed E-state index contributed by atoms with van der Waals surface area (Å²) in [6.07, 6.45) is 6.18. The molecule has 1 heterocycles. The van der Waals surface area contributed by atoms with E-state index in [4.69, 9.17) is 4.74 Å². The van der Waals surface area contributed by atoms with E-state index in [0.717, 1.165) is 18.9 Å². The van der Waals surface area contributed by atoms with Gasteiger partial charge in [-0.3, -0.25) is 4.99 Å². The van der Waals surface area contributed by atoms with Gasteiger partial charge in [0.05, 0.1) is 7.11 Å². The summed E-state index contributed by atoms with van der Waals surface area (Å²) in [5, 5.41) is 0. The maximum Gasteiger partial charge on any atom is 0.182 e. The first-order valence-corrected chi connectivity index (χ1v) is 4.01. The zero-order valence-electron chi connectivity index (χ0n) is 6.60. The van der Waals surface area contributed by atoms with Crippen molar-refractivity contribution >= 4 is 5.90 Å². The molecular weight excluding hydrogens is 126 g/mol. The summed E-state index contributed by atoms with van der Waals surface area (Å²) in [6.45, 7) is 0.961. The van der Waals surface area contributed by atoms with Crippen LogP contribution in [0.5, 0.6) is 0 Å². The molecule has 1 aliphatic heterocycles. The van der Waals surface area contributed by atoms with E-state index in [1.54, 1.807) is 7.11 Å². The molecule has 1 aliphatic rings. The minimum Gasteiger partial charge on any atom is -0.484 e. The van der Waals surface area contributed by atoms with Gasteiger partial charge >= 0.3 is 0 Å². The van der Waals surface area contributed by atoms with Crippen LogP contribution in [-0.4, -0.2) is 19.6 Å². The number of ether oxygens (including phenoxy) is 1. The predicted octanol–water partition coefficient (Wildman–Crippen LogP) is 2.00. The summed E-state index contributed by atoms with van der Waals surface area (Å²) in [5.41, 5.74) is 0. The van der Waals surface area contributed by atoms with Gasteiger partial charge in [0.2, 0.25) is 0 Å². The van der Waals surface area contributed by atoms with E-state index in [1.165, 1.54) is 25.7 Å². The summed E-state index contributed by atoms with van der Waals surface area (Å²) in [6, 6.07) is 0. The standard InChI is InChI=1S/C8H15NO/c1-10-8-6-4-2-3-5-7-9-8/h2-7H2,1H3. The Balaban J connectivity index is 2.35. The molecule has 0 saturated carbocycles. The maximum absolute atomic E-state index is 5.08. The van der Waals surface area contributed by atoms with Gasteiger partial charge in [-0.1, -0.05) is 12.8 Å². The molecule has 0 aromatic carbocycles. The van der Waals surface area contributed by atoms with Gasteiger partial charge in [0.1, 0.15) is 0 Å². The fraction of sp³-hybridized carbons (Fsp3) is 0.875. The van der Waals surface area contributed by atoms with Crippen molar-refractivity contribution in [2.75, 3.05) is 13.7 Å². The van der Waals surface area contributed by atoms with Crippen LogP contribution in [0.4, 0.5) is 0 Å². The Hall–Kier alpha value is -0.530. The van der Waals surface area contributed by atoms with Crippen LogP contribution in [0.15, 0.2) is 4.99 Å². The van der Waals surface area contributed by atoms with E-state index in [0.29, 0.717) is 0 Å². The number of nitrogens with zero attached hydrogens (tertiary/aromatic N) is 1. The number of aliphatic imine (C=N–C) groups is 1. The topological polar surface area (TPSA) is 21.6 Å². The molecule has 0 bridgehead atoms. The van der Waals surface area contributed by atoms with E-state index in [-0.39, 0.29) is 0 Å². The van der Waals surface area contributed by atoms with Crippen LogP contribution in [-0.2, 0) is 4.74 Å². The Kier molecular flexibility index (Phi) is 3.27.